The second-order valence-electron chi connectivity index (χ2n) is 11.7. The molecule has 1 atom stereocenters. The highest BCUT2D eigenvalue weighted by Gasteiger charge is 2.24. The Morgan fingerprint density at radius 1 is 1.09 bits per heavy atom. The maximum atomic E-state index is 12.8. The normalized spacial score (nSPS) is 17.4. The predicted molar refractivity (Wildman–Crippen MR) is 171 cm³/mol. The molecule has 0 spiro atoms. The van der Waals surface area contributed by atoms with Gasteiger partial charge in [-0.25, -0.2) is 9.78 Å². The molecule has 2 amide bonds. The number of benzene rings is 1. The zero-order valence-corrected chi connectivity index (χ0v) is 25.0. The van der Waals surface area contributed by atoms with Crippen molar-refractivity contribution in [3.05, 3.63) is 83.8 Å². The Bertz CT molecular complexity index is 1860. The van der Waals surface area contributed by atoms with Crippen LogP contribution in [-0.4, -0.2) is 69.0 Å². The van der Waals surface area contributed by atoms with Crippen molar-refractivity contribution in [1.82, 2.24) is 24.3 Å². The molecule has 5 rings (SSSR count). The van der Waals surface area contributed by atoms with Crippen LogP contribution < -0.4 is 5.32 Å². The SMILES string of the molecule is [2H]C([2H])([2H])N(C(=O)c1ccc(C2=CCN(C(C)c3cc4c(-c5ccc(NC(=O)OC(C)(C)C)cn5)ccnc4n3C)CC2)cc1)C([2H])([2H])[2H]. The second kappa shape index (κ2) is 12.0. The molecule has 0 fully saturated rings. The van der Waals surface area contributed by atoms with E-state index in [4.69, 9.17) is 13.0 Å². The molecule has 9 heteroatoms. The van der Waals surface area contributed by atoms with Gasteiger partial charge < -0.3 is 14.2 Å². The number of nitrogens with one attached hydrogen (secondary N) is 1. The van der Waals surface area contributed by atoms with Crippen molar-refractivity contribution in [3.8, 4) is 11.3 Å². The summed E-state index contributed by atoms with van der Waals surface area (Å²) in [5, 5.41) is 3.67. The Balaban J connectivity index is 1.30. The molecular weight excluding hydrogens is 540 g/mol. The van der Waals surface area contributed by atoms with E-state index in [1.54, 1.807) is 51.4 Å². The molecular formula is C34H40N6O3. The van der Waals surface area contributed by atoms with Gasteiger partial charge in [0.1, 0.15) is 11.2 Å². The third-order valence-corrected chi connectivity index (χ3v) is 7.57. The molecule has 0 aliphatic carbocycles. The van der Waals surface area contributed by atoms with E-state index in [2.05, 4.69) is 43.8 Å². The third kappa shape index (κ3) is 6.62. The van der Waals surface area contributed by atoms with Crippen LogP contribution in [0.3, 0.4) is 0 Å². The van der Waals surface area contributed by atoms with Crippen LogP contribution in [-0.2, 0) is 11.8 Å². The van der Waals surface area contributed by atoms with Gasteiger partial charge in [0.25, 0.3) is 5.91 Å². The summed E-state index contributed by atoms with van der Waals surface area (Å²) in [6, 6.07) is 14.2. The van der Waals surface area contributed by atoms with E-state index in [1.807, 2.05) is 19.2 Å². The van der Waals surface area contributed by atoms with Crippen LogP contribution in [0.2, 0.25) is 0 Å². The van der Waals surface area contributed by atoms with Gasteiger partial charge in [0.05, 0.1) is 17.6 Å². The van der Waals surface area contributed by atoms with Gasteiger partial charge in [-0.3, -0.25) is 20.0 Å². The van der Waals surface area contributed by atoms with Crippen LogP contribution in [0.4, 0.5) is 10.5 Å². The number of hydrogen-bond donors (Lipinski definition) is 1. The minimum absolute atomic E-state index is 0.00461. The number of carbonyl (C=O) groups excluding carboxylic acids is 2. The molecule has 1 aliphatic heterocycles. The van der Waals surface area contributed by atoms with E-state index in [1.165, 1.54) is 12.1 Å². The Morgan fingerprint density at radius 2 is 1.86 bits per heavy atom. The first kappa shape index (κ1) is 23.0. The van der Waals surface area contributed by atoms with Crippen molar-refractivity contribution in [2.24, 2.45) is 7.05 Å². The Morgan fingerprint density at radius 3 is 2.49 bits per heavy atom. The lowest BCUT2D eigenvalue weighted by Gasteiger charge is -2.32. The number of fused-ring (bicyclic) bond motifs is 1. The van der Waals surface area contributed by atoms with Crippen LogP contribution in [0.15, 0.2) is 67.0 Å². The minimum atomic E-state index is -3.10. The van der Waals surface area contributed by atoms with Gasteiger partial charge in [-0.1, -0.05) is 18.2 Å². The zero-order valence-electron chi connectivity index (χ0n) is 31.0. The Hall–Kier alpha value is -4.50. The van der Waals surface area contributed by atoms with Crippen LogP contribution in [0.5, 0.6) is 0 Å². The first-order valence-corrected chi connectivity index (χ1v) is 14.1. The number of amides is 2. The highest BCUT2D eigenvalue weighted by molar-refractivity contribution is 5.94. The molecule has 43 heavy (non-hydrogen) atoms. The fraction of sp³-hybridized carbons (Fsp3) is 0.353. The van der Waals surface area contributed by atoms with Gasteiger partial charge in [-0.05, 0) is 81.7 Å². The topological polar surface area (TPSA) is 92.6 Å². The maximum Gasteiger partial charge on any atom is 0.412 e. The summed E-state index contributed by atoms with van der Waals surface area (Å²) in [5.74, 6) is -1.07. The van der Waals surface area contributed by atoms with Crippen molar-refractivity contribution in [1.29, 1.82) is 0 Å². The molecule has 4 heterocycles. The first-order valence-electron chi connectivity index (χ1n) is 17.1. The number of aromatic nitrogens is 3. The molecule has 0 bridgehead atoms. The number of rotatable bonds is 6. The van der Waals surface area contributed by atoms with Gasteiger partial charge in [0.2, 0.25) is 0 Å². The van der Waals surface area contributed by atoms with Crippen molar-refractivity contribution in [2.45, 2.75) is 45.8 Å². The highest BCUT2D eigenvalue weighted by atomic mass is 16.6. The molecule has 0 saturated heterocycles. The zero-order chi connectivity index (χ0) is 35.9. The lowest BCUT2D eigenvalue weighted by molar-refractivity contribution is 0.0635. The maximum absolute atomic E-state index is 12.8. The molecule has 0 saturated carbocycles. The van der Waals surface area contributed by atoms with Gasteiger partial charge in [-0.2, -0.15) is 0 Å². The lowest BCUT2D eigenvalue weighted by atomic mass is 9.97. The van der Waals surface area contributed by atoms with Crippen molar-refractivity contribution >= 4 is 34.3 Å². The van der Waals surface area contributed by atoms with Gasteiger partial charge in [0, 0.05) is 76.8 Å². The van der Waals surface area contributed by atoms with Gasteiger partial charge >= 0.3 is 6.09 Å². The van der Waals surface area contributed by atoms with E-state index < -0.39 is 31.6 Å². The summed E-state index contributed by atoms with van der Waals surface area (Å²) in [6.07, 6.45) is 5.70. The van der Waals surface area contributed by atoms with E-state index in [0.29, 0.717) is 12.2 Å². The van der Waals surface area contributed by atoms with Crippen molar-refractivity contribution < 1.29 is 22.6 Å². The number of aryl methyl sites for hydroxylation is 1. The van der Waals surface area contributed by atoms with Gasteiger partial charge in [0.15, 0.2) is 0 Å². The van der Waals surface area contributed by atoms with E-state index in [0.717, 1.165) is 52.1 Å². The van der Waals surface area contributed by atoms with E-state index in [-0.39, 0.29) is 16.5 Å². The smallest absolute Gasteiger partial charge is 0.412 e. The standard InChI is InChI=1S/C34H40N6O3/c1-22(40-18-15-24(16-19-40)23-8-10-25(11-9-23)32(41)38(5)6)30-20-28-27(14-17-35-31(28)39(30)7)29-13-12-26(21-36-29)37-33(42)43-34(2,3)4/h8-15,17,20-22H,16,18-19H2,1-7H3,(H,37,42)/i5D3,6D3. The lowest BCUT2D eigenvalue weighted by Crippen LogP contribution is -2.32. The molecule has 3 aromatic heterocycles. The summed E-state index contributed by atoms with van der Waals surface area (Å²) >= 11 is 0. The molecule has 1 aromatic carbocycles. The van der Waals surface area contributed by atoms with Crippen molar-refractivity contribution in [3.63, 3.8) is 0 Å². The fourth-order valence-electron chi connectivity index (χ4n) is 5.35. The number of carbonyl (C=O) groups is 2. The number of anilines is 1. The monoisotopic (exact) mass is 586 g/mol. The van der Waals surface area contributed by atoms with E-state index in [9.17, 15) is 9.59 Å². The molecule has 4 aromatic rings. The summed E-state index contributed by atoms with van der Waals surface area (Å²) in [7, 11) is 2.00. The number of pyridine rings is 2. The third-order valence-electron chi connectivity index (χ3n) is 7.57. The molecule has 0 radical (unpaired) electrons. The molecule has 1 unspecified atom stereocenters. The largest absolute Gasteiger partial charge is 0.444 e. The molecule has 1 aliphatic rings. The number of ether oxygens (including phenoxy) is 1. The first-order chi connectivity index (χ1) is 22.8. The Labute approximate surface area is 261 Å². The molecule has 1 N–H and O–H groups in total. The van der Waals surface area contributed by atoms with Gasteiger partial charge in [-0.15, -0.1) is 0 Å². The van der Waals surface area contributed by atoms with Crippen molar-refractivity contribution in [2.75, 3.05) is 32.4 Å². The van der Waals surface area contributed by atoms with Crippen LogP contribution in [0.1, 0.15) is 70.0 Å². The summed E-state index contributed by atoms with van der Waals surface area (Å²) in [6.45, 7) is 2.82. The minimum Gasteiger partial charge on any atom is -0.444 e. The van der Waals surface area contributed by atoms with Crippen LogP contribution in [0.25, 0.3) is 27.9 Å². The van der Waals surface area contributed by atoms with E-state index >= 15 is 0 Å². The molecule has 9 nitrogen and oxygen atoms in total. The van der Waals surface area contributed by atoms with Crippen LogP contribution >= 0.6 is 0 Å². The molecule has 224 valence electrons. The fourth-order valence-corrected chi connectivity index (χ4v) is 5.35. The predicted octanol–water partition coefficient (Wildman–Crippen LogP) is 6.53. The summed E-state index contributed by atoms with van der Waals surface area (Å²) < 4.78 is 52.6. The summed E-state index contributed by atoms with van der Waals surface area (Å²) in [5.41, 5.74) is 5.47. The highest BCUT2D eigenvalue weighted by Crippen LogP contribution is 2.34. The number of hydrogen-bond acceptors (Lipinski definition) is 6. The average Bonchev–Trinajstić information content (AvgIpc) is 3.35. The van der Waals surface area contributed by atoms with Crippen LogP contribution in [0, 0.1) is 0 Å². The summed E-state index contributed by atoms with van der Waals surface area (Å²) in [4.78, 5) is 36.6. The Kier molecular flexibility index (Phi) is 6.43. The second-order valence-corrected chi connectivity index (χ2v) is 11.7. The average molecular weight is 587 g/mol. The quantitative estimate of drug-likeness (QED) is 0.276. The number of nitrogens with zero attached hydrogens (tertiary/aromatic N) is 5.